The molecule has 4 rings (SSSR count). The molecule has 1 aromatic carbocycles. The van der Waals surface area contributed by atoms with E-state index in [1.165, 1.54) is 21.4 Å². The smallest absolute Gasteiger partial charge is 0.304 e. The van der Waals surface area contributed by atoms with Gasteiger partial charge in [-0.05, 0) is 19.5 Å². The normalized spacial score (nSPS) is 17.5. The maximum atomic E-state index is 12.8. The van der Waals surface area contributed by atoms with E-state index in [1.807, 2.05) is 0 Å². The molecule has 0 bridgehead atoms. The van der Waals surface area contributed by atoms with E-state index in [4.69, 9.17) is 0 Å². The van der Waals surface area contributed by atoms with Crippen LogP contribution in [0, 0.1) is 10.1 Å². The van der Waals surface area contributed by atoms with Crippen molar-refractivity contribution in [3.63, 3.8) is 0 Å². The number of nitro benzene ring substituents is 1. The number of aryl methyl sites for hydroxylation is 1. The molecule has 0 aliphatic carbocycles. The number of aromatic nitrogens is 3. The van der Waals surface area contributed by atoms with Gasteiger partial charge in [0.05, 0.1) is 16.4 Å². The van der Waals surface area contributed by atoms with Crippen LogP contribution in [-0.2, 0) is 12.3 Å². The van der Waals surface area contributed by atoms with Gasteiger partial charge in [-0.15, -0.1) is 11.8 Å². The molecular weight excluding hydrogens is 368 g/mol. The third-order valence-electron chi connectivity index (χ3n) is 5.10. The van der Waals surface area contributed by atoms with Crippen LogP contribution in [-0.4, -0.2) is 68.8 Å². The Balaban J connectivity index is 1.50. The predicted octanol–water partition coefficient (Wildman–Crippen LogP) is 1.19. The fourth-order valence-corrected chi connectivity index (χ4v) is 4.44. The van der Waals surface area contributed by atoms with Crippen molar-refractivity contribution in [2.45, 2.75) is 23.6 Å². The molecule has 2 aromatic rings. The molecule has 144 valence electrons. The van der Waals surface area contributed by atoms with Gasteiger partial charge in [-0.3, -0.25) is 10.1 Å². The van der Waals surface area contributed by atoms with E-state index in [0.717, 1.165) is 44.0 Å². The molecule has 2 aliphatic heterocycles. The van der Waals surface area contributed by atoms with E-state index in [-0.39, 0.29) is 11.4 Å². The minimum atomic E-state index is -0.440. The Morgan fingerprint density at radius 3 is 2.74 bits per heavy atom. The van der Waals surface area contributed by atoms with Crippen LogP contribution in [0.4, 0.5) is 5.69 Å². The molecule has 0 atom stereocenters. The van der Waals surface area contributed by atoms with Gasteiger partial charge in [-0.1, -0.05) is 0 Å². The first-order valence-corrected chi connectivity index (χ1v) is 10.0. The maximum Gasteiger partial charge on any atom is 0.350 e. The average molecular weight is 390 g/mol. The van der Waals surface area contributed by atoms with Crippen LogP contribution < -0.4 is 5.69 Å². The number of nitrogens with zero attached hydrogens (tertiary/aromatic N) is 6. The lowest BCUT2D eigenvalue weighted by molar-refractivity contribution is -0.384. The van der Waals surface area contributed by atoms with Crippen LogP contribution in [0.2, 0.25) is 0 Å². The van der Waals surface area contributed by atoms with E-state index in [0.29, 0.717) is 23.8 Å². The molecule has 0 amide bonds. The average Bonchev–Trinajstić information content (AvgIpc) is 2.99. The van der Waals surface area contributed by atoms with Crippen molar-refractivity contribution in [2.75, 3.05) is 39.8 Å². The lowest BCUT2D eigenvalue weighted by Gasteiger charge is -2.32. The van der Waals surface area contributed by atoms with Crippen LogP contribution in [0.5, 0.6) is 0 Å². The number of piperazine rings is 1. The molecule has 0 radical (unpaired) electrons. The minimum Gasteiger partial charge on any atom is -0.304 e. The van der Waals surface area contributed by atoms with Gasteiger partial charge in [0.1, 0.15) is 5.82 Å². The standard InChI is InChI=1S/C17H22N6O3S/c1-19-7-9-20(10-8-19)5-2-6-21-17(24)22-14-11-13(23(25)26)3-4-15(14)27-12-16(22)18-21/h3-4,11H,2,5-10,12H2,1H3. The topological polar surface area (TPSA) is 89.4 Å². The molecule has 0 saturated carbocycles. The summed E-state index contributed by atoms with van der Waals surface area (Å²) in [7, 11) is 2.13. The summed E-state index contributed by atoms with van der Waals surface area (Å²) in [4.78, 5) is 29.1. The highest BCUT2D eigenvalue weighted by Crippen LogP contribution is 2.35. The molecule has 1 fully saturated rings. The van der Waals surface area contributed by atoms with Crippen molar-refractivity contribution >= 4 is 17.4 Å². The quantitative estimate of drug-likeness (QED) is 0.559. The lowest BCUT2D eigenvalue weighted by Crippen LogP contribution is -2.44. The van der Waals surface area contributed by atoms with Crippen molar-refractivity contribution < 1.29 is 4.92 Å². The molecular formula is C17H22N6O3S. The number of thioether (sulfide) groups is 1. The van der Waals surface area contributed by atoms with Crippen LogP contribution in [0.25, 0.3) is 5.69 Å². The fourth-order valence-electron chi connectivity index (χ4n) is 3.51. The zero-order valence-corrected chi connectivity index (χ0v) is 16.0. The largest absolute Gasteiger partial charge is 0.350 e. The van der Waals surface area contributed by atoms with Gasteiger partial charge in [0.2, 0.25) is 0 Å². The van der Waals surface area contributed by atoms with Crippen LogP contribution in [0.3, 0.4) is 0 Å². The number of likely N-dealkylation sites (N-methyl/N-ethyl adjacent to an activating group) is 1. The fraction of sp³-hybridized carbons (Fsp3) is 0.529. The monoisotopic (exact) mass is 390 g/mol. The number of hydrogen-bond acceptors (Lipinski definition) is 7. The summed E-state index contributed by atoms with van der Waals surface area (Å²) in [5.74, 6) is 1.24. The first kappa shape index (κ1) is 18.2. The van der Waals surface area contributed by atoms with E-state index in [2.05, 4.69) is 21.9 Å². The van der Waals surface area contributed by atoms with Crippen molar-refractivity contribution in [1.82, 2.24) is 24.1 Å². The van der Waals surface area contributed by atoms with Gasteiger partial charge in [0.15, 0.2) is 0 Å². The second-order valence-electron chi connectivity index (χ2n) is 6.95. The second-order valence-corrected chi connectivity index (χ2v) is 7.97. The Morgan fingerprint density at radius 1 is 1.22 bits per heavy atom. The minimum absolute atomic E-state index is 0.0167. The van der Waals surface area contributed by atoms with E-state index < -0.39 is 4.92 Å². The molecule has 1 aromatic heterocycles. The zero-order chi connectivity index (χ0) is 19.0. The first-order chi connectivity index (χ1) is 13.0. The van der Waals surface area contributed by atoms with E-state index >= 15 is 0 Å². The van der Waals surface area contributed by atoms with Gasteiger partial charge in [0, 0.05) is 56.3 Å². The molecule has 10 heteroatoms. The molecule has 9 nitrogen and oxygen atoms in total. The molecule has 0 N–H and O–H groups in total. The molecule has 1 saturated heterocycles. The van der Waals surface area contributed by atoms with Gasteiger partial charge >= 0.3 is 5.69 Å². The summed E-state index contributed by atoms with van der Waals surface area (Å²) in [5.41, 5.74) is 0.327. The summed E-state index contributed by atoms with van der Waals surface area (Å²) >= 11 is 1.55. The van der Waals surface area contributed by atoms with Crippen molar-refractivity contribution in [2.24, 2.45) is 0 Å². The van der Waals surface area contributed by atoms with Crippen molar-refractivity contribution in [1.29, 1.82) is 0 Å². The SMILES string of the molecule is CN1CCN(CCCn2nc3n(c2=O)-c2cc([N+](=O)[O-])ccc2SC3)CC1. The third kappa shape index (κ3) is 3.64. The van der Waals surface area contributed by atoms with Gasteiger partial charge in [-0.25, -0.2) is 14.0 Å². The highest BCUT2D eigenvalue weighted by Gasteiger charge is 2.24. The number of hydrogen-bond donors (Lipinski definition) is 0. The molecule has 0 spiro atoms. The summed E-state index contributed by atoms with van der Waals surface area (Å²) in [6, 6.07) is 4.64. The summed E-state index contributed by atoms with van der Waals surface area (Å²) in [6.45, 7) is 5.76. The highest BCUT2D eigenvalue weighted by atomic mass is 32.2. The zero-order valence-electron chi connectivity index (χ0n) is 15.2. The van der Waals surface area contributed by atoms with Crippen molar-refractivity contribution in [3.8, 4) is 5.69 Å². The highest BCUT2D eigenvalue weighted by molar-refractivity contribution is 7.98. The van der Waals surface area contributed by atoms with E-state index in [9.17, 15) is 14.9 Å². The number of nitro groups is 1. The predicted molar refractivity (Wildman–Crippen MR) is 103 cm³/mol. The molecule has 27 heavy (non-hydrogen) atoms. The summed E-state index contributed by atoms with van der Waals surface area (Å²) in [5, 5.41) is 15.6. The Labute approximate surface area is 160 Å². The Bertz CT molecular complexity index is 916. The van der Waals surface area contributed by atoms with Crippen LogP contribution in [0.1, 0.15) is 12.2 Å². The Hall–Kier alpha value is -2.17. The summed E-state index contributed by atoms with van der Waals surface area (Å²) in [6.07, 6.45) is 0.856. The summed E-state index contributed by atoms with van der Waals surface area (Å²) < 4.78 is 3.02. The van der Waals surface area contributed by atoms with Crippen LogP contribution in [0.15, 0.2) is 27.9 Å². The van der Waals surface area contributed by atoms with Gasteiger partial charge in [-0.2, -0.15) is 5.10 Å². The maximum absolute atomic E-state index is 12.8. The first-order valence-electron chi connectivity index (χ1n) is 9.04. The van der Waals surface area contributed by atoms with E-state index in [1.54, 1.807) is 17.8 Å². The Morgan fingerprint density at radius 2 is 2.00 bits per heavy atom. The lowest BCUT2D eigenvalue weighted by atomic mass is 10.2. The van der Waals surface area contributed by atoms with Crippen LogP contribution >= 0.6 is 11.8 Å². The number of benzene rings is 1. The third-order valence-corrected chi connectivity index (χ3v) is 6.16. The number of rotatable bonds is 5. The number of non-ortho nitro benzene ring substituents is 1. The van der Waals surface area contributed by atoms with Gasteiger partial charge in [0.25, 0.3) is 5.69 Å². The van der Waals surface area contributed by atoms with Crippen molar-refractivity contribution in [3.05, 3.63) is 44.6 Å². The Kier molecular flexibility index (Phi) is 5.02. The molecule has 2 aliphatic rings. The number of fused-ring (bicyclic) bond motifs is 3. The molecule has 0 unspecified atom stereocenters. The van der Waals surface area contributed by atoms with Gasteiger partial charge < -0.3 is 9.80 Å². The molecule has 3 heterocycles. The second kappa shape index (κ2) is 7.45.